The van der Waals surface area contributed by atoms with Crippen molar-refractivity contribution in [3.05, 3.63) is 29.0 Å². The minimum absolute atomic E-state index is 0.209. The molecule has 0 N–H and O–H groups in total. The largest absolute Gasteiger partial charge is 0.462 e. The maximum atomic E-state index is 11.8. The number of halogens is 1. The van der Waals surface area contributed by atoms with Gasteiger partial charge in [0.2, 0.25) is 0 Å². The van der Waals surface area contributed by atoms with Gasteiger partial charge in [-0.05, 0) is 30.9 Å². The number of esters is 1. The molecular formula is C13H16ClNO2. The van der Waals surface area contributed by atoms with Crippen LogP contribution < -0.4 is 0 Å². The molecule has 1 aliphatic rings. The van der Waals surface area contributed by atoms with Gasteiger partial charge < -0.3 is 4.74 Å². The molecule has 1 aromatic heterocycles. The second kappa shape index (κ2) is 6.01. The summed E-state index contributed by atoms with van der Waals surface area (Å²) < 4.78 is 5.28. The molecule has 0 bridgehead atoms. The predicted molar refractivity (Wildman–Crippen MR) is 66.1 cm³/mol. The first-order valence-corrected chi connectivity index (χ1v) is 6.43. The maximum absolute atomic E-state index is 11.8. The van der Waals surface area contributed by atoms with E-state index in [9.17, 15) is 4.79 Å². The van der Waals surface area contributed by atoms with Crippen LogP contribution in [0.5, 0.6) is 0 Å². The molecule has 1 aromatic rings. The minimum atomic E-state index is -0.367. The minimum Gasteiger partial charge on any atom is -0.462 e. The lowest BCUT2D eigenvalue weighted by Gasteiger charge is -2.21. The lowest BCUT2D eigenvalue weighted by molar-refractivity contribution is 0.0410. The van der Waals surface area contributed by atoms with E-state index in [0.717, 1.165) is 12.8 Å². The Hall–Kier alpha value is -1.09. The van der Waals surface area contributed by atoms with Crippen molar-refractivity contribution in [2.45, 2.75) is 32.1 Å². The van der Waals surface area contributed by atoms with Crippen molar-refractivity contribution in [3.8, 4) is 0 Å². The van der Waals surface area contributed by atoms with Crippen LogP contribution in [0.4, 0.5) is 0 Å². The number of nitrogens with zero attached hydrogens (tertiary/aromatic N) is 1. The summed E-state index contributed by atoms with van der Waals surface area (Å²) in [6.45, 7) is 0.504. The van der Waals surface area contributed by atoms with Gasteiger partial charge >= 0.3 is 5.97 Å². The van der Waals surface area contributed by atoms with Gasteiger partial charge in [0.1, 0.15) is 5.15 Å². The number of carbonyl (C=O) groups excluding carboxylic acids is 1. The van der Waals surface area contributed by atoms with Crippen LogP contribution in [-0.2, 0) is 4.74 Å². The molecule has 2 rings (SSSR count). The normalized spacial score (nSPS) is 16.8. The number of hydrogen-bond acceptors (Lipinski definition) is 3. The molecule has 0 saturated heterocycles. The first-order chi connectivity index (χ1) is 8.27. The van der Waals surface area contributed by atoms with E-state index in [2.05, 4.69) is 4.98 Å². The zero-order valence-corrected chi connectivity index (χ0v) is 10.4. The number of rotatable bonds is 3. The molecule has 0 spiro atoms. The molecule has 4 heteroatoms. The van der Waals surface area contributed by atoms with Gasteiger partial charge in [0.05, 0.1) is 12.2 Å². The fraction of sp³-hybridized carbons (Fsp3) is 0.538. The first kappa shape index (κ1) is 12.4. The molecule has 92 valence electrons. The standard InChI is InChI=1S/C13H16ClNO2/c14-12-11(7-4-8-15-12)13(16)17-9-10-5-2-1-3-6-10/h4,7-8,10H,1-3,5-6,9H2. The zero-order chi connectivity index (χ0) is 12.1. The van der Waals surface area contributed by atoms with Crippen molar-refractivity contribution in [1.29, 1.82) is 0 Å². The van der Waals surface area contributed by atoms with E-state index in [1.54, 1.807) is 18.3 Å². The van der Waals surface area contributed by atoms with E-state index in [0.29, 0.717) is 18.1 Å². The summed E-state index contributed by atoms with van der Waals surface area (Å²) in [5.74, 6) is 0.150. The van der Waals surface area contributed by atoms with Crippen molar-refractivity contribution in [3.63, 3.8) is 0 Å². The van der Waals surface area contributed by atoms with Crippen LogP contribution in [0, 0.1) is 5.92 Å². The number of aromatic nitrogens is 1. The highest BCUT2D eigenvalue weighted by Gasteiger charge is 2.17. The summed E-state index contributed by atoms with van der Waals surface area (Å²) in [4.78, 5) is 15.6. The van der Waals surface area contributed by atoms with Crippen molar-refractivity contribution >= 4 is 17.6 Å². The Morgan fingerprint density at radius 3 is 2.88 bits per heavy atom. The molecule has 1 heterocycles. The topological polar surface area (TPSA) is 39.2 Å². The van der Waals surface area contributed by atoms with Crippen LogP contribution >= 0.6 is 11.6 Å². The van der Waals surface area contributed by atoms with Crippen molar-refractivity contribution in [1.82, 2.24) is 4.98 Å². The molecule has 17 heavy (non-hydrogen) atoms. The molecule has 0 atom stereocenters. The Bertz CT molecular complexity index is 389. The highest BCUT2D eigenvalue weighted by atomic mass is 35.5. The van der Waals surface area contributed by atoms with Crippen molar-refractivity contribution in [2.75, 3.05) is 6.61 Å². The fourth-order valence-corrected chi connectivity index (χ4v) is 2.36. The Morgan fingerprint density at radius 2 is 2.18 bits per heavy atom. The molecule has 0 amide bonds. The molecule has 0 radical (unpaired) electrons. The van der Waals surface area contributed by atoms with Gasteiger partial charge in [0, 0.05) is 6.20 Å². The van der Waals surface area contributed by atoms with Crippen LogP contribution in [0.15, 0.2) is 18.3 Å². The Balaban J connectivity index is 1.87. The average molecular weight is 254 g/mol. The van der Waals surface area contributed by atoms with Crippen LogP contribution in [0.25, 0.3) is 0 Å². The van der Waals surface area contributed by atoms with Gasteiger partial charge in [-0.25, -0.2) is 9.78 Å². The fourth-order valence-electron chi connectivity index (χ4n) is 2.16. The number of pyridine rings is 1. The third-order valence-corrected chi connectivity index (χ3v) is 3.46. The van der Waals surface area contributed by atoms with Gasteiger partial charge in [-0.1, -0.05) is 30.9 Å². The van der Waals surface area contributed by atoms with Gasteiger partial charge in [-0.2, -0.15) is 0 Å². The van der Waals surface area contributed by atoms with Crippen LogP contribution in [0.3, 0.4) is 0 Å². The second-order valence-corrected chi connectivity index (χ2v) is 4.80. The molecule has 0 aliphatic heterocycles. The van der Waals surface area contributed by atoms with E-state index >= 15 is 0 Å². The monoisotopic (exact) mass is 253 g/mol. The maximum Gasteiger partial charge on any atom is 0.341 e. The van der Waals surface area contributed by atoms with E-state index in [1.807, 2.05) is 0 Å². The summed E-state index contributed by atoms with van der Waals surface area (Å²) in [5, 5.41) is 0.209. The molecule has 0 unspecified atom stereocenters. The summed E-state index contributed by atoms with van der Waals surface area (Å²) >= 11 is 5.83. The van der Waals surface area contributed by atoms with E-state index in [-0.39, 0.29) is 11.1 Å². The van der Waals surface area contributed by atoms with Crippen LogP contribution in [0.1, 0.15) is 42.5 Å². The molecule has 3 nitrogen and oxygen atoms in total. The molecule has 1 aliphatic carbocycles. The van der Waals surface area contributed by atoms with Crippen LogP contribution in [-0.4, -0.2) is 17.6 Å². The van der Waals surface area contributed by atoms with E-state index in [1.165, 1.54) is 19.3 Å². The van der Waals surface area contributed by atoms with E-state index in [4.69, 9.17) is 16.3 Å². The van der Waals surface area contributed by atoms with Gasteiger partial charge in [0.25, 0.3) is 0 Å². The third kappa shape index (κ3) is 3.43. The smallest absolute Gasteiger partial charge is 0.341 e. The summed E-state index contributed by atoms with van der Waals surface area (Å²) in [6.07, 6.45) is 7.67. The highest BCUT2D eigenvalue weighted by molar-refractivity contribution is 6.32. The number of carbonyl (C=O) groups is 1. The van der Waals surface area contributed by atoms with Gasteiger partial charge in [-0.3, -0.25) is 0 Å². The predicted octanol–water partition coefficient (Wildman–Crippen LogP) is 3.47. The average Bonchev–Trinajstić information content (AvgIpc) is 2.38. The summed E-state index contributed by atoms with van der Waals surface area (Å²) in [6, 6.07) is 3.32. The lowest BCUT2D eigenvalue weighted by Crippen LogP contribution is -2.17. The summed E-state index contributed by atoms with van der Waals surface area (Å²) in [7, 11) is 0. The first-order valence-electron chi connectivity index (χ1n) is 6.05. The molecule has 1 fully saturated rings. The van der Waals surface area contributed by atoms with Crippen molar-refractivity contribution in [2.24, 2.45) is 5.92 Å². The SMILES string of the molecule is O=C(OCC1CCCCC1)c1cccnc1Cl. The van der Waals surface area contributed by atoms with Gasteiger partial charge in [-0.15, -0.1) is 0 Å². The highest BCUT2D eigenvalue weighted by Crippen LogP contribution is 2.24. The lowest BCUT2D eigenvalue weighted by atomic mass is 9.90. The quantitative estimate of drug-likeness (QED) is 0.612. The third-order valence-electron chi connectivity index (χ3n) is 3.15. The second-order valence-electron chi connectivity index (χ2n) is 4.44. The summed E-state index contributed by atoms with van der Waals surface area (Å²) in [5.41, 5.74) is 0.352. The number of ether oxygens (including phenoxy) is 1. The van der Waals surface area contributed by atoms with E-state index < -0.39 is 0 Å². The van der Waals surface area contributed by atoms with Gasteiger partial charge in [0.15, 0.2) is 0 Å². The Labute approximate surface area is 106 Å². The Morgan fingerprint density at radius 1 is 1.41 bits per heavy atom. The van der Waals surface area contributed by atoms with Crippen molar-refractivity contribution < 1.29 is 9.53 Å². The Kier molecular flexibility index (Phi) is 4.37. The molecule has 1 saturated carbocycles. The molecule has 0 aromatic carbocycles. The van der Waals surface area contributed by atoms with Crippen LogP contribution in [0.2, 0.25) is 5.15 Å². The number of hydrogen-bond donors (Lipinski definition) is 0. The molecular weight excluding hydrogens is 238 g/mol. The zero-order valence-electron chi connectivity index (χ0n) is 9.69.